The zero-order valence-electron chi connectivity index (χ0n) is 16.8. The molecule has 158 valence electrons. The van der Waals surface area contributed by atoms with Crippen molar-refractivity contribution in [3.05, 3.63) is 74.1 Å². The van der Waals surface area contributed by atoms with Crippen molar-refractivity contribution in [3.63, 3.8) is 0 Å². The van der Waals surface area contributed by atoms with Gasteiger partial charge < -0.3 is 19.4 Å². The molecule has 0 bridgehead atoms. The first-order chi connectivity index (χ1) is 14.9. The van der Waals surface area contributed by atoms with Crippen LogP contribution in [0.25, 0.3) is 24.0 Å². The zero-order chi connectivity index (χ0) is 22.5. The summed E-state index contributed by atoms with van der Waals surface area (Å²) in [6.45, 7) is 3.64. The molecule has 2 heterocycles. The van der Waals surface area contributed by atoms with Gasteiger partial charge in [0.25, 0.3) is 5.56 Å². The van der Waals surface area contributed by atoms with E-state index in [1.807, 2.05) is 6.07 Å². The third kappa shape index (κ3) is 4.27. The van der Waals surface area contributed by atoms with Crippen LogP contribution in [0.5, 0.6) is 5.88 Å². The molecular formula is C23H20N2O6. The Hall–Kier alpha value is -4.09. The van der Waals surface area contributed by atoms with Gasteiger partial charge in [-0.05, 0) is 36.8 Å². The van der Waals surface area contributed by atoms with Crippen molar-refractivity contribution in [1.82, 2.24) is 4.57 Å². The van der Waals surface area contributed by atoms with Crippen molar-refractivity contribution >= 4 is 18.6 Å². The lowest BCUT2D eigenvalue weighted by atomic mass is 10.1. The zero-order valence-corrected chi connectivity index (χ0v) is 16.8. The monoisotopic (exact) mass is 420 g/mol. The van der Waals surface area contributed by atoms with Gasteiger partial charge in [0.15, 0.2) is 0 Å². The fourth-order valence-corrected chi connectivity index (χ4v) is 3.09. The predicted octanol–water partition coefficient (Wildman–Crippen LogP) is 1.09. The molecule has 3 aromatic rings. The fraction of sp³-hybridized carbons (Fsp3) is 0.174. The summed E-state index contributed by atoms with van der Waals surface area (Å²) in [7, 11) is 1.31. The first-order valence-corrected chi connectivity index (χ1v) is 9.37. The van der Waals surface area contributed by atoms with E-state index in [1.54, 1.807) is 36.4 Å². The van der Waals surface area contributed by atoms with Gasteiger partial charge in [0.2, 0.25) is 5.88 Å². The molecule has 3 rings (SSSR count). The molecule has 0 aliphatic heterocycles. The van der Waals surface area contributed by atoms with Gasteiger partial charge >= 0.3 is 5.97 Å². The second-order valence-electron chi connectivity index (χ2n) is 6.65. The summed E-state index contributed by atoms with van der Waals surface area (Å²) in [6, 6.07) is 11.9. The van der Waals surface area contributed by atoms with Crippen LogP contribution in [0.4, 0.5) is 0 Å². The van der Waals surface area contributed by atoms with E-state index < -0.39 is 17.4 Å². The Labute approximate surface area is 177 Å². The van der Waals surface area contributed by atoms with Crippen LogP contribution in [0.1, 0.15) is 28.1 Å². The summed E-state index contributed by atoms with van der Waals surface area (Å²) < 4.78 is 11.5. The third-order valence-electron chi connectivity index (χ3n) is 4.74. The second-order valence-corrected chi connectivity index (χ2v) is 6.65. The van der Waals surface area contributed by atoms with Gasteiger partial charge in [-0.2, -0.15) is 5.26 Å². The minimum Gasteiger partial charge on any atom is -0.493 e. The average Bonchev–Trinajstić information content (AvgIpc) is 3.25. The number of nitrogens with zero attached hydrogens (tertiary/aromatic N) is 2. The first kappa shape index (κ1) is 21.6. The molecule has 0 atom stereocenters. The van der Waals surface area contributed by atoms with Crippen LogP contribution in [0, 0.1) is 11.3 Å². The molecule has 0 amide bonds. The topological polar surface area (TPSA) is 126 Å². The number of esters is 1. The highest BCUT2D eigenvalue weighted by Gasteiger charge is 2.14. The summed E-state index contributed by atoms with van der Waals surface area (Å²) in [5, 5.41) is 28.9. The maximum absolute atomic E-state index is 12.9. The van der Waals surface area contributed by atoms with E-state index in [4.69, 9.17) is 9.52 Å². The van der Waals surface area contributed by atoms with Crippen LogP contribution in [0.15, 0.2) is 45.6 Å². The quantitative estimate of drug-likeness (QED) is 0.572. The van der Waals surface area contributed by atoms with Crippen LogP contribution < -0.4 is 16.0 Å². The van der Waals surface area contributed by atoms with Gasteiger partial charge in [0, 0.05) is 23.9 Å². The lowest BCUT2D eigenvalue weighted by Gasteiger charge is -2.09. The van der Waals surface area contributed by atoms with E-state index in [-0.39, 0.29) is 35.6 Å². The summed E-state index contributed by atoms with van der Waals surface area (Å²) in [6.07, 6.45) is 1.69. The van der Waals surface area contributed by atoms with Crippen molar-refractivity contribution < 1.29 is 24.2 Å². The number of hydrogen-bond acceptors (Lipinski definition) is 7. The molecule has 0 aliphatic carbocycles. The Bertz CT molecular complexity index is 1330. The lowest BCUT2D eigenvalue weighted by molar-refractivity contribution is 0.0600. The Morgan fingerprint density at radius 2 is 2.00 bits per heavy atom. The normalized spacial score (nSPS) is 11.3. The molecule has 1 aromatic carbocycles. The number of aliphatic hydroxyl groups excluding tert-OH is 1. The molecule has 0 aliphatic rings. The van der Waals surface area contributed by atoms with Crippen LogP contribution in [0.3, 0.4) is 0 Å². The molecule has 2 aromatic heterocycles. The Morgan fingerprint density at radius 1 is 1.29 bits per heavy atom. The second kappa shape index (κ2) is 9.15. The van der Waals surface area contributed by atoms with Gasteiger partial charge in [-0.3, -0.25) is 9.36 Å². The number of furan rings is 1. The number of aromatic nitrogens is 1. The highest BCUT2D eigenvalue weighted by atomic mass is 16.5. The SMILES string of the molecule is C=c1c(C#N)c(O)n(CCCO)c(=O)c1=Cc1ccc(-c2ccc(C(=O)OC)cc2)o1. The third-order valence-corrected chi connectivity index (χ3v) is 4.74. The van der Waals surface area contributed by atoms with E-state index in [1.165, 1.54) is 13.2 Å². The lowest BCUT2D eigenvalue weighted by Crippen LogP contribution is -2.46. The standard InChI is InChI=1S/C23H20N2O6/c1-14-18(21(27)25(10-3-11-26)22(28)19(14)13-24)12-17-8-9-20(31-17)15-4-6-16(7-5-15)23(29)30-2/h4-9,12,26,28H,1,3,10-11H2,2H3. The fourth-order valence-electron chi connectivity index (χ4n) is 3.09. The van der Waals surface area contributed by atoms with E-state index in [9.17, 15) is 20.0 Å². The number of aromatic hydroxyl groups is 1. The largest absolute Gasteiger partial charge is 0.493 e. The van der Waals surface area contributed by atoms with E-state index >= 15 is 0 Å². The number of aliphatic hydroxyl groups is 1. The minimum atomic E-state index is -0.546. The Morgan fingerprint density at radius 3 is 2.61 bits per heavy atom. The summed E-state index contributed by atoms with van der Waals surface area (Å²) in [5.41, 5.74) is 0.457. The molecule has 0 saturated heterocycles. The molecule has 31 heavy (non-hydrogen) atoms. The van der Waals surface area contributed by atoms with Gasteiger partial charge in [-0.25, -0.2) is 4.79 Å². The van der Waals surface area contributed by atoms with Crippen LogP contribution in [0.2, 0.25) is 0 Å². The molecule has 0 saturated carbocycles. The van der Waals surface area contributed by atoms with Crippen molar-refractivity contribution in [3.8, 4) is 23.3 Å². The van der Waals surface area contributed by atoms with Crippen LogP contribution in [-0.4, -0.2) is 34.5 Å². The van der Waals surface area contributed by atoms with Crippen LogP contribution >= 0.6 is 0 Å². The number of pyridine rings is 1. The molecule has 0 radical (unpaired) electrons. The maximum Gasteiger partial charge on any atom is 0.337 e. The molecule has 8 nitrogen and oxygen atoms in total. The first-order valence-electron chi connectivity index (χ1n) is 9.37. The van der Waals surface area contributed by atoms with E-state index in [0.717, 1.165) is 4.57 Å². The summed E-state index contributed by atoms with van der Waals surface area (Å²) in [4.78, 5) is 24.4. The van der Waals surface area contributed by atoms with Gasteiger partial charge in [-0.1, -0.05) is 18.7 Å². The molecule has 8 heteroatoms. The number of methoxy groups -OCH3 is 1. The Balaban J connectivity index is 2.06. The number of rotatable bonds is 6. The summed E-state index contributed by atoms with van der Waals surface area (Å²) in [5.74, 6) is -0.0690. The highest BCUT2D eigenvalue weighted by Crippen LogP contribution is 2.23. The number of benzene rings is 1. The van der Waals surface area contributed by atoms with Crippen molar-refractivity contribution in [2.24, 2.45) is 0 Å². The number of nitriles is 1. The smallest absolute Gasteiger partial charge is 0.337 e. The van der Waals surface area contributed by atoms with Gasteiger partial charge in [-0.15, -0.1) is 0 Å². The van der Waals surface area contributed by atoms with Gasteiger partial charge in [0.1, 0.15) is 23.2 Å². The number of carbonyl (C=O) groups excluding carboxylic acids is 1. The number of carbonyl (C=O) groups is 1. The predicted molar refractivity (Wildman–Crippen MR) is 113 cm³/mol. The number of hydrogen-bond donors (Lipinski definition) is 2. The Kier molecular flexibility index (Phi) is 6.38. The molecule has 2 N–H and O–H groups in total. The average molecular weight is 420 g/mol. The van der Waals surface area contributed by atoms with Crippen molar-refractivity contribution in [2.75, 3.05) is 13.7 Å². The molecule has 0 fully saturated rings. The minimum absolute atomic E-state index is 0.0485. The maximum atomic E-state index is 12.9. The molecular weight excluding hydrogens is 400 g/mol. The van der Waals surface area contributed by atoms with E-state index in [0.29, 0.717) is 22.6 Å². The van der Waals surface area contributed by atoms with Crippen molar-refractivity contribution in [1.29, 1.82) is 5.26 Å². The number of ether oxygens (including phenoxy) is 1. The molecule has 0 unspecified atom stereocenters. The van der Waals surface area contributed by atoms with Gasteiger partial charge in [0.05, 0.1) is 17.9 Å². The molecule has 0 spiro atoms. The summed E-state index contributed by atoms with van der Waals surface area (Å²) >= 11 is 0. The highest BCUT2D eigenvalue weighted by molar-refractivity contribution is 5.89. The van der Waals surface area contributed by atoms with E-state index in [2.05, 4.69) is 11.3 Å². The van der Waals surface area contributed by atoms with Crippen molar-refractivity contribution in [2.45, 2.75) is 13.0 Å². The van der Waals surface area contributed by atoms with Crippen LogP contribution in [-0.2, 0) is 11.3 Å².